The quantitative estimate of drug-likeness (QED) is 0.442. The highest BCUT2D eigenvalue weighted by Gasteiger charge is 2.18. The fourth-order valence-electron chi connectivity index (χ4n) is 2.29. The van der Waals surface area contributed by atoms with Crippen LogP contribution in [0, 0.1) is 5.82 Å². The van der Waals surface area contributed by atoms with Crippen LogP contribution in [0.15, 0.2) is 53.0 Å². The first kappa shape index (κ1) is 18.2. The van der Waals surface area contributed by atoms with Crippen molar-refractivity contribution in [3.05, 3.63) is 64.1 Å². The van der Waals surface area contributed by atoms with E-state index in [-0.39, 0.29) is 35.2 Å². The predicted molar refractivity (Wildman–Crippen MR) is 102 cm³/mol. The van der Waals surface area contributed by atoms with Gasteiger partial charge in [0.25, 0.3) is 0 Å². The van der Waals surface area contributed by atoms with E-state index in [1.165, 1.54) is 29.5 Å². The van der Waals surface area contributed by atoms with Crippen molar-refractivity contribution in [3.63, 3.8) is 0 Å². The molecule has 9 heteroatoms. The molecule has 1 aromatic carbocycles. The van der Waals surface area contributed by atoms with Crippen LogP contribution in [-0.2, 0) is 4.79 Å². The van der Waals surface area contributed by atoms with Gasteiger partial charge in [-0.25, -0.2) is 14.4 Å². The molecule has 2 aromatic heterocycles. The number of amides is 1. The van der Waals surface area contributed by atoms with E-state index in [0.29, 0.717) is 5.16 Å². The lowest BCUT2D eigenvalue weighted by molar-refractivity contribution is -0.119. The van der Waals surface area contributed by atoms with Crippen LogP contribution in [0.4, 0.5) is 16.0 Å². The van der Waals surface area contributed by atoms with Gasteiger partial charge < -0.3 is 16.8 Å². The summed E-state index contributed by atoms with van der Waals surface area (Å²) in [6.07, 6.45) is 0. The smallest absolute Gasteiger partial charge is 0.231 e. The molecule has 1 atom stereocenters. The van der Waals surface area contributed by atoms with Crippen LogP contribution < -0.4 is 16.8 Å². The summed E-state index contributed by atoms with van der Waals surface area (Å²) in [5.74, 6) is 0.0806. The van der Waals surface area contributed by atoms with Crippen molar-refractivity contribution >= 4 is 40.6 Å². The maximum atomic E-state index is 13.2. The Morgan fingerprint density at radius 3 is 2.50 bits per heavy atom. The minimum atomic E-state index is -0.351. The van der Waals surface area contributed by atoms with E-state index in [0.717, 1.165) is 22.2 Å². The van der Waals surface area contributed by atoms with Gasteiger partial charge in [-0.15, -0.1) is 11.3 Å². The second-order valence-electron chi connectivity index (χ2n) is 5.36. The first-order chi connectivity index (χ1) is 12.5. The van der Waals surface area contributed by atoms with Crippen molar-refractivity contribution in [2.75, 3.05) is 17.2 Å². The summed E-state index contributed by atoms with van der Waals surface area (Å²) < 4.78 is 13.2. The number of thioether (sulfide) groups is 1. The third-order valence-electron chi connectivity index (χ3n) is 3.41. The van der Waals surface area contributed by atoms with Gasteiger partial charge in [0.15, 0.2) is 5.16 Å². The van der Waals surface area contributed by atoms with Gasteiger partial charge in [-0.05, 0) is 29.1 Å². The molecular weight excluding hydrogens is 373 g/mol. The average Bonchev–Trinajstić information content (AvgIpc) is 3.12. The Labute approximate surface area is 157 Å². The highest BCUT2D eigenvalue weighted by Crippen LogP contribution is 2.26. The number of nitrogens with zero attached hydrogens (tertiary/aromatic N) is 2. The zero-order chi connectivity index (χ0) is 18.5. The van der Waals surface area contributed by atoms with Crippen LogP contribution >= 0.6 is 23.1 Å². The van der Waals surface area contributed by atoms with Gasteiger partial charge in [0.2, 0.25) is 5.91 Å². The zero-order valence-electron chi connectivity index (χ0n) is 13.6. The Morgan fingerprint density at radius 2 is 1.88 bits per heavy atom. The Balaban J connectivity index is 1.70. The van der Waals surface area contributed by atoms with Crippen LogP contribution in [0.5, 0.6) is 0 Å². The molecule has 0 fully saturated rings. The van der Waals surface area contributed by atoms with Gasteiger partial charge >= 0.3 is 0 Å². The number of carbonyl (C=O) groups excluding carboxylic acids is 1. The van der Waals surface area contributed by atoms with E-state index in [1.807, 2.05) is 17.5 Å². The van der Waals surface area contributed by atoms with E-state index in [1.54, 1.807) is 12.1 Å². The van der Waals surface area contributed by atoms with Gasteiger partial charge in [-0.1, -0.05) is 30.0 Å². The first-order valence-corrected chi connectivity index (χ1v) is 9.49. The zero-order valence-corrected chi connectivity index (χ0v) is 15.2. The molecular formula is C17H16FN5OS2. The van der Waals surface area contributed by atoms with Crippen molar-refractivity contribution in [2.24, 2.45) is 0 Å². The average molecular weight is 389 g/mol. The Hall–Kier alpha value is -2.65. The predicted octanol–water partition coefficient (Wildman–Crippen LogP) is 2.84. The topological polar surface area (TPSA) is 107 Å². The van der Waals surface area contributed by atoms with Gasteiger partial charge in [0.1, 0.15) is 17.5 Å². The van der Waals surface area contributed by atoms with Crippen molar-refractivity contribution < 1.29 is 9.18 Å². The molecule has 0 saturated carbocycles. The fraction of sp³-hybridized carbons (Fsp3) is 0.118. The SMILES string of the molecule is Nc1cc(N)nc(SCC(=O)NC(c2ccc(F)cc2)c2cccs2)n1. The Kier molecular flexibility index (Phi) is 5.69. The molecule has 134 valence electrons. The normalized spacial score (nSPS) is 11.9. The summed E-state index contributed by atoms with van der Waals surface area (Å²) in [7, 11) is 0. The molecule has 0 bridgehead atoms. The molecule has 0 aliphatic rings. The number of aromatic nitrogens is 2. The third kappa shape index (κ3) is 4.70. The standard InChI is InChI=1S/C17H16FN5OS2/c18-11-5-3-10(4-6-11)16(12-2-1-7-25-12)23-15(24)9-26-17-21-13(19)8-14(20)22-17/h1-8,16H,9H2,(H,23,24)(H4,19,20,21,22). The van der Waals surface area contributed by atoms with Crippen LogP contribution in [-0.4, -0.2) is 21.6 Å². The number of hydrogen-bond acceptors (Lipinski definition) is 7. The number of anilines is 2. The number of hydrogen-bond donors (Lipinski definition) is 3. The van der Waals surface area contributed by atoms with Gasteiger partial charge in [-0.2, -0.15) is 0 Å². The summed E-state index contributed by atoms with van der Waals surface area (Å²) in [6, 6.07) is 11.0. The van der Waals surface area contributed by atoms with Crippen molar-refractivity contribution in [3.8, 4) is 0 Å². The molecule has 0 aliphatic carbocycles. The lowest BCUT2D eigenvalue weighted by atomic mass is 10.1. The van der Waals surface area contributed by atoms with E-state index in [2.05, 4.69) is 15.3 Å². The molecule has 1 unspecified atom stereocenters. The Bertz CT molecular complexity index is 866. The molecule has 0 saturated heterocycles. The molecule has 0 spiro atoms. The Morgan fingerprint density at radius 1 is 1.19 bits per heavy atom. The highest BCUT2D eigenvalue weighted by molar-refractivity contribution is 7.99. The van der Waals surface area contributed by atoms with Gasteiger partial charge in [-0.3, -0.25) is 4.79 Å². The summed E-state index contributed by atoms with van der Waals surface area (Å²) in [5.41, 5.74) is 12.1. The fourth-order valence-corrected chi connectivity index (χ4v) is 3.77. The monoisotopic (exact) mass is 389 g/mol. The van der Waals surface area contributed by atoms with Crippen LogP contribution in [0.1, 0.15) is 16.5 Å². The van der Waals surface area contributed by atoms with E-state index < -0.39 is 0 Å². The molecule has 0 radical (unpaired) electrons. The van der Waals surface area contributed by atoms with Crippen LogP contribution in [0.2, 0.25) is 0 Å². The number of rotatable bonds is 6. The van der Waals surface area contributed by atoms with Crippen molar-refractivity contribution in [2.45, 2.75) is 11.2 Å². The first-order valence-electron chi connectivity index (χ1n) is 7.62. The van der Waals surface area contributed by atoms with E-state index >= 15 is 0 Å². The summed E-state index contributed by atoms with van der Waals surface area (Å²) in [5, 5.41) is 5.23. The third-order valence-corrected chi connectivity index (χ3v) is 5.20. The molecule has 1 amide bonds. The number of nitrogens with two attached hydrogens (primary N) is 2. The number of nitrogen functional groups attached to an aromatic ring is 2. The molecule has 3 rings (SSSR count). The number of halogens is 1. The van der Waals surface area contributed by atoms with Crippen LogP contribution in [0.25, 0.3) is 0 Å². The summed E-state index contributed by atoms with van der Waals surface area (Å²) in [4.78, 5) is 21.4. The molecule has 5 N–H and O–H groups in total. The highest BCUT2D eigenvalue weighted by atomic mass is 32.2. The van der Waals surface area contributed by atoms with Crippen molar-refractivity contribution in [1.29, 1.82) is 0 Å². The number of carbonyl (C=O) groups is 1. The minimum Gasteiger partial charge on any atom is -0.383 e. The minimum absolute atomic E-state index is 0.103. The van der Waals surface area contributed by atoms with Crippen LogP contribution in [0.3, 0.4) is 0 Å². The van der Waals surface area contributed by atoms with E-state index in [4.69, 9.17) is 11.5 Å². The molecule has 0 aliphatic heterocycles. The van der Waals surface area contributed by atoms with Crippen molar-refractivity contribution in [1.82, 2.24) is 15.3 Å². The number of nitrogens with one attached hydrogen (secondary N) is 1. The molecule has 6 nitrogen and oxygen atoms in total. The summed E-state index contributed by atoms with van der Waals surface area (Å²) in [6.45, 7) is 0. The molecule has 3 aromatic rings. The lowest BCUT2D eigenvalue weighted by Gasteiger charge is -2.18. The maximum absolute atomic E-state index is 13.2. The largest absolute Gasteiger partial charge is 0.383 e. The van der Waals surface area contributed by atoms with E-state index in [9.17, 15) is 9.18 Å². The molecule has 26 heavy (non-hydrogen) atoms. The second kappa shape index (κ2) is 8.15. The number of thiophene rings is 1. The second-order valence-corrected chi connectivity index (χ2v) is 7.28. The lowest BCUT2D eigenvalue weighted by Crippen LogP contribution is -2.30. The van der Waals surface area contributed by atoms with Gasteiger partial charge in [0.05, 0.1) is 11.8 Å². The van der Waals surface area contributed by atoms with Gasteiger partial charge in [0, 0.05) is 10.9 Å². The molecule has 2 heterocycles. The summed E-state index contributed by atoms with van der Waals surface area (Å²) >= 11 is 2.66. The number of benzene rings is 1. The maximum Gasteiger partial charge on any atom is 0.231 e.